The molecule has 0 aliphatic rings. The Morgan fingerprint density at radius 3 is 2.62 bits per heavy atom. The minimum atomic E-state index is -0.110. The van der Waals surface area contributed by atoms with Gasteiger partial charge < -0.3 is 10.2 Å². The molecule has 0 saturated heterocycles. The van der Waals surface area contributed by atoms with Crippen molar-refractivity contribution in [1.82, 2.24) is 15.2 Å². The van der Waals surface area contributed by atoms with Gasteiger partial charge in [-0.25, -0.2) is 4.79 Å². The van der Waals surface area contributed by atoms with Crippen LogP contribution in [0.15, 0.2) is 66.9 Å². The van der Waals surface area contributed by atoms with Crippen LogP contribution in [0.25, 0.3) is 10.8 Å². The van der Waals surface area contributed by atoms with Gasteiger partial charge in [-0.15, -0.1) is 0 Å². The van der Waals surface area contributed by atoms with E-state index in [2.05, 4.69) is 34.6 Å². The number of hydrogen-bond donors (Lipinski definition) is 1. The van der Waals surface area contributed by atoms with E-state index in [9.17, 15) is 4.79 Å². The summed E-state index contributed by atoms with van der Waals surface area (Å²) in [5.74, 6) is 0. The van der Waals surface area contributed by atoms with Crippen LogP contribution in [-0.4, -0.2) is 23.0 Å². The second-order valence-corrected chi connectivity index (χ2v) is 5.92. The zero-order valence-electron chi connectivity index (χ0n) is 13.9. The first kappa shape index (κ1) is 16.0. The second-order valence-electron chi connectivity index (χ2n) is 5.92. The van der Waals surface area contributed by atoms with Crippen molar-refractivity contribution in [2.75, 3.05) is 7.05 Å². The van der Waals surface area contributed by atoms with Crippen LogP contribution < -0.4 is 5.32 Å². The maximum atomic E-state index is 12.5. The Hall–Kier alpha value is -2.88. The van der Waals surface area contributed by atoms with Crippen LogP contribution in [0.4, 0.5) is 4.79 Å². The molecule has 4 heteroatoms. The van der Waals surface area contributed by atoms with Crippen LogP contribution in [0.5, 0.6) is 0 Å². The van der Waals surface area contributed by atoms with E-state index in [-0.39, 0.29) is 12.1 Å². The number of carbonyl (C=O) groups excluding carboxylic acids is 1. The summed E-state index contributed by atoms with van der Waals surface area (Å²) in [7, 11) is 1.78. The average Bonchev–Trinajstić information content (AvgIpc) is 2.62. The van der Waals surface area contributed by atoms with E-state index in [0.29, 0.717) is 6.54 Å². The fourth-order valence-corrected chi connectivity index (χ4v) is 2.81. The van der Waals surface area contributed by atoms with Crippen LogP contribution in [0.2, 0.25) is 0 Å². The lowest BCUT2D eigenvalue weighted by Crippen LogP contribution is -2.38. The predicted octanol–water partition coefficient (Wildman–Crippen LogP) is 4.14. The molecule has 1 aromatic heterocycles. The standard InChI is InChI=1S/C20H21N3O/c1-15(18-12-7-9-16-8-3-4-11-19(16)18)22-20(24)23(2)14-17-10-5-6-13-21-17/h3-13,15H,14H2,1-2H3,(H,22,24). The smallest absolute Gasteiger partial charge is 0.317 e. The number of rotatable bonds is 4. The zero-order chi connectivity index (χ0) is 16.9. The molecule has 1 N–H and O–H groups in total. The summed E-state index contributed by atoms with van der Waals surface area (Å²) in [5.41, 5.74) is 1.99. The largest absolute Gasteiger partial charge is 0.331 e. The van der Waals surface area contributed by atoms with Crippen LogP contribution in [0.1, 0.15) is 24.2 Å². The molecule has 122 valence electrons. The summed E-state index contributed by atoms with van der Waals surface area (Å²) in [6.45, 7) is 2.49. The van der Waals surface area contributed by atoms with E-state index in [4.69, 9.17) is 0 Å². The Bertz CT molecular complexity index is 827. The third kappa shape index (κ3) is 3.54. The summed E-state index contributed by atoms with van der Waals surface area (Å²) < 4.78 is 0. The summed E-state index contributed by atoms with van der Waals surface area (Å²) in [6.07, 6.45) is 1.74. The van der Waals surface area contributed by atoms with Gasteiger partial charge in [-0.1, -0.05) is 48.5 Å². The van der Waals surface area contributed by atoms with Crippen molar-refractivity contribution in [2.24, 2.45) is 0 Å². The quantitative estimate of drug-likeness (QED) is 0.785. The van der Waals surface area contributed by atoms with E-state index in [1.54, 1.807) is 18.1 Å². The topological polar surface area (TPSA) is 45.2 Å². The van der Waals surface area contributed by atoms with Crippen LogP contribution in [0.3, 0.4) is 0 Å². The molecule has 0 spiro atoms. The fourth-order valence-electron chi connectivity index (χ4n) is 2.81. The number of nitrogens with one attached hydrogen (secondary N) is 1. The van der Waals surface area contributed by atoms with E-state index in [0.717, 1.165) is 11.3 Å². The third-order valence-corrected chi connectivity index (χ3v) is 4.10. The number of amides is 2. The lowest BCUT2D eigenvalue weighted by molar-refractivity contribution is 0.203. The van der Waals surface area contributed by atoms with Crippen molar-refractivity contribution < 1.29 is 4.79 Å². The molecular weight excluding hydrogens is 298 g/mol. The Morgan fingerprint density at radius 1 is 1.08 bits per heavy atom. The van der Waals surface area contributed by atoms with Crippen molar-refractivity contribution in [3.05, 3.63) is 78.1 Å². The van der Waals surface area contributed by atoms with Crippen LogP contribution in [0, 0.1) is 0 Å². The molecule has 1 atom stereocenters. The highest BCUT2D eigenvalue weighted by molar-refractivity contribution is 5.86. The van der Waals surface area contributed by atoms with Crippen molar-refractivity contribution in [2.45, 2.75) is 19.5 Å². The van der Waals surface area contributed by atoms with E-state index in [1.807, 2.05) is 43.3 Å². The second kappa shape index (κ2) is 7.13. The molecule has 4 nitrogen and oxygen atoms in total. The maximum Gasteiger partial charge on any atom is 0.317 e. The molecule has 0 bridgehead atoms. The minimum Gasteiger partial charge on any atom is -0.331 e. The Kier molecular flexibility index (Phi) is 4.75. The molecule has 0 radical (unpaired) electrons. The number of hydrogen-bond acceptors (Lipinski definition) is 2. The van der Waals surface area contributed by atoms with Gasteiger partial charge in [-0.2, -0.15) is 0 Å². The van der Waals surface area contributed by atoms with E-state index >= 15 is 0 Å². The number of benzene rings is 2. The number of aromatic nitrogens is 1. The van der Waals surface area contributed by atoms with Gasteiger partial charge in [-0.3, -0.25) is 4.98 Å². The number of pyridine rings is 1. The predicted molar refractivity (Wildman–Crippen MR) is 96.6 cm³/mol. The first-order valence-electron chi connectivity index (χ1n) is 8.04. The minimum absolute atomic E-state index is 0.0743. The third-order valence-electron chi connectivity index (χ3n) is 4.10. The molecule has 1 unspecified atom stereocenters. The van der Waals surface area contributed by atoms with Gasteiger partial charge in [0.05, 0.1) is 18.3 Å². The Morgan fingerprint density at radius 2 is 1.83 bits per heavy atom. The number of carbonyl (C=O) groups is 1. The molecule has 0 saturated carbocycles. The molecule has 0 aliphatic carbocycles. The highest BCUT2D eigenvalue weighted by Gasteiger charge is 2.15. The Labute approximate surface area is 142 Å². The van der Waals surface area contributed by atoms with E-state index < -0.39 is 0 Å². The van der Waals surface area contributed by atoms with Gasteiger partial charge in [0.15, 0.2) is 0 Å². The average molecular weight is 319 g/mol. The fraction of sp³-hybridized carbons (Fsp3) is 0.200. The van der Waals surface area contributed by atoms with Crippen LogP contribution in [-0.2, 0) is 6.54 Å². The monoisotopic (exact) mass is 319 g/mol. The number of fused-ring (bicyclic) bond motifs is 1. The van der Waals surface area contributed by atoms with Crippen molar-refractivity contribution in [1.29, 1.82) is 0 Å². The summed E-state index contributed by atoms with van der Waals surface area (Å²) in [5, 5.41) is 5.41. The SMILES string of the molecule is CC(NC(=O)N(C)Cc1ccccn1)c1cccc2ccccc12. The molecule has 3 rings (SSSR count). The van der Waals surface area contributed by atoms with Gasteiger partial charge in [0, 0.05) is 13.2 Å². The van der Waals surface area contributed by atoms with Gasteiger partial charge in [-0.05, 0) is 35.4 Å². The van der Waals surface area contributed by atoms with Gasteiger partial charge in [0.1, 0.15) is 0 Å². The van der Waals surface area contributed by atoms with Gasteiger partial charge >= 0.3 is 6.03 Å². The molecule has 0 fully saturated rings. The molecule has 0 aliphatic heterocycles. The lowest BCUT2D eigenvalue weighted by Gasteiger charge is -2.22. The van der Waals surface area contributed by atoms with Gasteiger partial charge in [0.25, 0.3) is 0 Å². The summed E-state index contributed by atoms with van der Waals surface area (Å²) >= 11 is 0. The lowest BCUT2D eigenvalue weighted by atomic mass is 10.00. The van der Waals surface area contributed by atoms with Gasteiger partial charge in [0.2, 0.25) is 0 Å². The molecule has 2 aromatic carbocycles. The normalized spacial score (nSPS) is 11.9. The van der Waals surface area contributed by atoms with Crippen molar-refractivity contribution in [3.63, 3.8) is 0 Å². The number of nitrogens with zero attached hydrogens (tertiary/aromatic N) is 2. The summed E-state index contributed by atoms with van der Waals surface area (Å²) in [4.78, 5) is 18.4. The Balaban J connectivity index is 1.71. The molecule has 3 aromatic rings. The van der Waals surface area contributed by atoms with Crippen LogP contribution >= 0.6 is 0 Å². The summed E-state index contributed by atoms with van der Waals surface area (Å²) in [6, 6.07) is 19.9. The first-order valence-corrected chi connectivity index (χ1v) is 8.04. The molecule has 1 heterocycles. The van der Waals surface area contributed by atoms with Crippen molar-refractivity contribution >= 4 is 16.8 Å². The molecule has 24 heavy (non-hydrogen) atoms. The van der Waals surface area contributed by atoms with Crippen molar-refractivity contribution in [3.8, 4) is 0 Å². The molecular formula is C20H21N3O. The number of urea groups is 1. The maximum absolute atomic E-state index is 12.5. The zero-order valence-corrected chi connectivity index (χ0v) is 13.9. The van der Waals surface area contributed by atoms with E-state index in [1.165, 1.54) is 10.8 Å². The first-order chi connectivity index (χ1) is 11.6. The highest BCUT2D eigenvalue weighted by atomic mass is 16.2. The highest BCUT2D eigenvalue weighted by Crippen LogP contribution is 2.24. The molecule has 2 amide bonds.